The van der Waals surface area contributed by atoms with Crippen molar-refractivity contribution in [1.29, 1.82) is 0 Å². The Morgan fingerprint density at radius 2 is 2.10 bits per heavy atom. The van der Waals surface area contributed by atoms with E-state index in [1.807, 2.05) is 0 Å². The molecule has 5 nitrogen and oxygen atoms in total. The smallest absolute Gasteiger partial charge is 0.313 e. The van der Waals surface area contributed by atoms with E-state index in [1.54, 1.807) is 31.4 Å². The maximum atomic E-state index is 11.9. The summed E-state index contributed by atoms with van der Waals surface area (Å²) in [7, 11) is 1.57. The standard InChI is InChI=1S/C15H21ClN2O3/c1-3-4-7-13(10-21-2)18-15(20)14(19)17-12-8-5-6-11(16)9-12/h5-6,8-9,13H,3-4,7,10H2,1-2H3,(H,17,19)(H,18,20)/t13-/m0/s1. The number of ether oxygens (including phenoxy) is 1. The fraction of sp³-hybridized carbons (Fsp3) is 0.467. The predicted molar refractivity (Wildman–Crippen MR) is 83.4 cm³/mol. The van der Waals surface area contributed by atoms with E-state index in [-0.39, 0.29) is 6.04 Å². The number of benzene rings is 1. The lowest BCUT2D eigenvalue weighted by molar-refractivity contribution is -0.136. The second-order valence-corrected chi connectivity index (χ2v) is 5.17. The zero-order valence-corrected chi connectivity index (χ0v) is 13.1. The number of halogens is 1. The van der Waals surface area contributed by atoms with Crippen LogP contribution >= 0.6 is 11.6 Å². The molecule has 0 aliphatic heterocycles. The molecule has 0 fully saturated rings. The summed E-state index contributed by atoms with van der Waals surface area (Å²) in [6.45, 7) is 2.45. The highest BCUT2D eigenvalue weighted by molar-refractivity contribution is 6.40. The number of rotatable bonds is 7. The van der Waals surface area contributed by atoms with Crippen LogP contribution in [0, 0.1) is 0 Å². The minimum atomic E-state index is -0.713. The molecule has 1 atom stereocenters. The van der Waals surface area contributed by atoms with Gasteiger partial charge < -0.3 is 15.4 Å². The number of carbonyl (C=O) groups excluding carboxylic acids is 2. The van der Waals surface area contributed by atoms with Gasteiger partial charge in [0, 0.05) is 17.8 Å². The van der Waals surface area contributed by atoms with Crippen molar-refractivity contribution >= 4 is 29.1 Å². The first-order valence-corrected chi connectivity index (χ1v) is 7.31. The van der Waals surface area contributed by atoms with E-state index < -0.39 is 11.8 Å². The first-order chi connectivity index (χ1) is 10.1. The first kappa shape index (κ1) is 17.5. The van der Waals surface area contributed by atoms with E-state index in [0.29, 0.717) is 17.3 Å². The molecule has 0 unspecified atom stereocenters. The van der Waals surface area contributed by atoms with Crippen molar-refractivity contribution in [2.45, 2.75) is 32.2 Å². The number of amides is 2. The largest absolute Gasteiger partial charge is 0.383 e. The van der Waals surface area contributed by atoms with Crippen molar-refractivity contribution in [3.05, 3.63) is 29.3 Å². The first-order valence-electron chi connectivity index (χ1n) is 6.93. The number of methoxy groups -OCH3 is 1. The minimum Gasteiger partial charge on any atom is -0.383 e. The lowest BCUT2D eigenvalue weighted by atomic mass is 10.1. The average Bonchev–Trinajstić information content (AvgIpc) is 2.44. The second-order valence-electron chi connectivity index (χ2n) is 4.73. The summed E-state index contributed by atoms with van der Waals surface area (Å²) in [5, 5.41) is 5.68. The Labute approximate surface area is 130 Å². The summed E-state index contributed by atoms with van der Waals surface area (Å²) in [5.41, 5.74) is 0.486. The van der Waals surface area contributed by atoms with E-state index in [9.17, 15) is 9.59 Å². The van der Waals surface area contributed by atoms with Crippen molar-refractivity contribution in [2.75, 3.05) is 19.0 Å². The lowest BCUT2D eigenvalue weighted by Crippen LogP contribution is -2.43. The molecule has 116 valence electrons. The maximum absolute atomic E-state index is 11.9. The molecule has 6 heteroatoms. The van der Waals surface area contributed by atoms with Gasteiger partial charge in [0.15, 0.2) is 0 Å². The third-order valence-corrected chi connectivity index (χ3v) is 3.13. The Morgan fingerprint density at radius 3 is 2.71 bits per heavy atom. The van der Waals surface area contributed by atoms with Crippen LogP contribution in [0.3, 0.4) is 0 Å². The van der Waals surface area contributed by atoms with Crippen LogP contribution in [0.15, 0.2) is 24.3 Å². The highest BCUT2D eigenvalue weighted by Crippen LogP contribution is 2.14. The molecule has 0 saturated carbocycles. The van der Waals surface area contributed by atoms with Crippen LogP contribution in [0.5, 0.6) is 0 Å². The number of anilines is 1. The molecule has 0 heterocycles. The number of unbranched alkanes of at least 4 members (excludes halogenated alkanes) is 1. The van der Waals surface area contributed by atoms with Gasteiger partial charge in [-0.15, -0.1) is 0 Å². The Kier molecular flexibility index (Phi) is 7.79. The molecule has 1 aromatic rings. The molecule has 0 aliphatic carbocycles. The Balaban J connectivity index is 2.54. The number of hydrogen-bond donors (Lipinski definition) is 2. The van der Waals surface area contributed by atoms with Gasteiger partial charge in [-0.1, -0.05) is 37.4 Å². The van der Waals surface area contributed by atoms with Crippen LogP contribution in [0.2, 0.25) is 5.02 Å². The van der Waals surface area contributed by atoms with Crippen LogP contribution in [0.4, 0.5) is 5.69 Å². The van der Waals surface area contributed by atoms with Crippen LogP contribution in [-0.2, 0) is 14.3 Å². The SMILES string of the molecule is CCCC[C@@H](COC)NC(=O)C(=O)Nc1cccc(Cl)c1. The van der Waals surface area contributed by atoms with Crippen LogP contribution in [0.25, 0.3) is 0 Å². The number of nitrogens with one attached hydrogen (secondary N) is 2. The second kappa shape index (κ2) is 9.37. The van der Waals surface area contributed by atoms with Gasteiger partial charge in [-0.2, -0.15) is 0 Å². The van der Waals surface area contributed by atoms with E-state index in [2.05, 4.69) is 17.6 Å². The summed E-state index contributed by atoms with van der Waals surface area (Å²) in [6, 6.07) is 6.48. The molecule has 2 amide bonds. The maximum Gasteiger partial charge on any atom is 0.313 e. The predicted octanol–water partition coefficient (Wildman–Crippen LogP) is 2.60. The molecule has 0 bridgehead atoms. The van der Waals surface area contributed by atoms with Crippen LogP contribution in [-0.4, -0.2) is 31.6 Å². The van der Waals surface area contributed by atoms with Crippen LogP contribution < -0.4 is 10.6 Å². The summed E-state index contributed by atoms with van der Waals surface area (Å²) in [6.07, 6.45) is 2.76. The molecule has 0 aliphatic rings. The van der Waals surface area contributed by atoms with Gasteiger partial charge in [0.2, 0.25) is 0 Å². The molecule has 21 heavy (non-hydrogen) atoms. The molecular formula is C15H21ClN2O3. The summed E-state index contributed by atoms with van der Waals surface area (Å²) in [4.78, 5) is 23.7. The van der Waals surface area contributed by atoms with Gasteiger partial charge in [0.25, 0.3) is 0 Å². The lowest BCUT2D eigenvalue weighted by Gasteiger charge is -2.17. The van der Waals surface area contributed by atoms with Crippen molar-refractivity contribution in [3.8, 4) is 0 Å². The van der Waals surface area contributed by atoms with E-state index in [1.165, 1.54) is 0 Å². The van der Waals surface area contributed by atoms with Gasteiger partial charge in [-0.3, -0.25) is 9.59 Å². The molecule has 2 N–H and O–H groups in total. The van der Waals surface area contributed by atoms with Gasteiger partial charge in [0.05, 0.1) is 12.6 Å². The molecule has 0 aromatic heterocycles. The van der Waals surface area contributed by atoms with Gasteiger partial charge >= 0.3 is 11.8 Å². The molecule has 1 rings (SSSR count). The van der Waals surface area contributed by atoms with Gasteiger partial charge in [-0.25, -0.2) is 0 Å². The average molecular weight is 313 g/mol. The molecule has 1 aromatic carbocycles. The molecule has 0 spiro atoms. The fourth-order valence-electron chi connectivity index (χ4n) is 1.85. The fourth-order valence-corrected chi connectivity index (χ4v) is 2.04. The quantitative estimate of drug-likeness (QED) is 0.760. The van der Waals surface area contributed by atoms with Gasteiger partial charge in [0.1, 0.15) is 0 Å². The molecule has 0 saturated heterocycles. The van der Waals surface area contributed by atoms with E-state index >= 15 is 0 Å². The van der Waals surface area contributed by atoms with Crippen molar-refractivity contribution in [2.24, 2.45) is 0 Å². The Morgan fingerprint density at radius 1 is 1.33 bits per heavy atom. The van der Waals surface area contributed by atoms with E-state index in [4.69, 9.17) is 16.3 Å². The van der Waals surface area contributed by atoms with Crippen LogP contribution in [0.1, 0.15) is 26.2 Å². The van der Waals surface area contributed by atoms with Crippen molar-refractivity contribution in [1.82, 2.24) is 5.32 Å². The van der Waals surface area contributed by atoms with Crippen molar-refractivity contribution < 1.29 is 14.3 Å². The highest BCUT2D eigenvalue weighted by atomic mass is 35.5. The Hall–Kier alpha value is -1.59. The zero-order valence-electron chi connectivity index (χ0n) is 12.3. The minimum absolute atomic E-state index is 0.160. The van der Waals surface area contributed by atoms with Crippen molar-refractivity contribution in [3.63, 3.8) is 0 Å². The van der Waals surface area contributed by atoms with Gasteiger partial charge in [-0.05, 0) is 24.6 Å². The Bertz CT molecular complexity index is 480. The normalized spacial score (nSPS) is 11.8. The summed E-state index contributed by atoms with van der Waals surface area (Å²) in [5.74, 6) is -1.39. The molecular weight excluding hydrogens is 292 g/mol. The van der Waals surface area contributed by atoms with E-state index in [0.717, 1.165) is 19.3 Å². The topological polar surface area (TPSA) is 67.4 Å². The third-order valence-electron chi connectivity index (χ3n) is 2.90. The number of hydrogen-bond acceptors (Lipinski definition) is 3. The molecule has 0 radical (unpaired) electrons. The summed E-state index contributed by atoms with van der Waals surface area (Å²) >= 11 is 5.82. The zero-order chi connectivity index (χ0) is 15.7. The monoisotopic (exact) mass is 312 g/mol. The highest BCUT2D eigenvalue weighted by Gasteiger charge is 2.18. The summed E-state index contributed by atoms with van der Waals surface area (Å²) < 4.78 is 5.05. The third kappa shape index (κ3) is 6.60. The number of carbonyl (C=O) groups is 2.